The van der Waals surface area contributed by atoms with Crippen molar-refractivity contribution in [3.8, 4) is 0 Å². The minimum atomic E-state index is -1.30. The molecular weight excluding hydrogens is 238 g/mol. The molecule has 0 radical (unpaired) electrons. The molecule has 1 atom stereocenters. The number of halogens is 2. The van der Waals surface area contributed by atoms with Crippen LogP contribution in [0.1, 0.15) is 50.2 Å². The molecule has 1 saturated carbocycles. The van der Waals surface area contributed by atoms with Gasteiger partial charge in [0.15, 0.2) is 0 Å². The van der Waals surface area contributed by atoms with Gasteiger partial charge in [0.25, 0.3) is 0 Å². The smallest absolute Gasteiger partial charge is 0.132 e. The van der Waals surface area contributed by atoms with E-state index in [4.69, 9.17) is 0 Å². The summed E-state index contributed by atoms with van der Waals surface area (Å²) in [7, 11) is 0. The fourth-order valence-electron chi connectivity index (χ4n) is 2.63. The van der Waals surface area contributed by atoms with Crippen molar-refractivity contribution >= 4 is 0 Å². The van der Waals surface area contributed by atoms with E-state index in [2.05, 4.69) is 0 Å². The Morgan fingerprint density at radius 2 is 1.67 bits per heavy atom. The molecular formula is C14H18F2O2. The van der Waals surface area contributed by atoms with Crippen LogP contribution in [-0.2, 0) is 0 Å². The van der Waals surface area contributed by atoms with E-state index in [9.17, 15) is 19.0 Å². The first-order valence-electron chi connectivity index (χ1n) is 6.38. The molecule has 0 amide bonds. The van der Waals surface area contributed by atoms with Crippen LogP contribution in [0.5, 0.6) is 0 Å². The Hall–Kier alpha value is -1.00. The zero-order chi connectivity index (χ0) is 13.2. The molecule has 100 valence electrons. The van der Waals surface area contributed by atoms with Gasteiger partial charge in [0, 0.05) is 11.6 Å². The third-order valence-corrected chi connectivity index (χ3v) is 3.74. The molecule has 0 heterocycles. The van der Waals surface area contributed by atoms with Gasteiger partial charge in [-0.25, -0.2) is 8.78 Å². The van der Waals surface area contributed by atoms with Gasteiger partial charge in [0.2, 0.25) is 0 Å². The Bertz CT molecular complexity index is 412. The largest absolute Gasteiger partial charge is 0.387 e. The molecule has 1 aliphatic carbocycles. The van der Waals surface area contributed by atoms with Crippen LogP contribution in [0.4, 0.5) is 8.78 Å². The molecule has 0 spiro atoms. The highest BCUT2D eigenvalue weighted by Crippen LogP contribution is 2.38. The first-order chi connectivity index (χ1) is 8.53. The van der Waals surface area contributed by atoms with Crippen LogP contribution in [0, 0.1) is 11.6 Å². The Morgan fingerprint density at radius 3 is 2.22 bits per heavy atom. The summed E-state index contributed by atoms with van der Waals surface area (Å²) in [5.74, 6) is -1.49. The van der Waals surface area contributed by atoms with E-state index in [1.165, 1.54) is 6.07 Å². The first kappa shape index (κ1) is 13.4. The summed E-state index contributed by atoms with van der Waals surface area (Å²) in [6.45, 7) is 0. The molecule has 18 heavy (non-hydrogen) atoms. The van der Waals surface area contributed by atoms with Crippen molar-refractivity contribution in [1.82, 2.24) is 0 Å². The normalized spacial score (nSPS) is 21.3. The number of aliphatic hydroxyl groups is 2. The van der Waals surface area contributed by atoms with Crippen LogP contribution < -0.4 is 0 Å². The second-order valence-electron chi connectivity index (χ2n) is 5.09. The van der Waals surface area contributed by atoms with Gasteiger partial charge in [-0.1, -0.05) is 31.7 Å². The van der Waals surface area contributed by atoms with Gasteiger partial charge < -0.3 is 10.2 Å². The fraction of sp³-hybridized carbons (Fsp3) is 0.571. The molecule has 0 aromatic heterocycles. The Kier molecular flexibility index (Phi) is 3.97. The molecule has 4 heteroatoms. The topological polar surface area (TPSA) is 40.5 Å². The average Bonchev–Trinajstić information content (AvgIpc) is 2.54. The highest BCUT2D eigenvalue weighted by Gasteiger charge is 2.38. The van der Waals surface area contributed by atoms with E-state index in [1.54, 1.807) is 0 Å². The van der Waals surface area contributed by atoms with Gasteiger partial charge in [0.05, 0.1) is 5.60 Å². The lowest BCUT2D eigenvalue weighted by Gasteiger charge is -2.32. The van der Waals surface area contributed by atoms with Crippen LogP contribution >= 0.6 is 0 Å². The van der Waals surface area contributed by atoms with Crippen LogP contribution in [0.3, 0.4) is 0 Å². The molecule has 1 aromatic carbocycles. The number of benzene rings is 1. The van der Waals surface area contributed by atoms with E-state index in [-0.39, 0.29) is 5.56 Å². The van der Waals surface area contributed by atoms with Gasteiger partial charge in [-0.15, -0.1) is 0 Å². The Labute approximate surface area is 105 Å². The molecule has 2 nitrogen and oxygen atoms in total. The summed E-state index contributed by atoms with van der Waals surface area (Å²) < 4.78 is 26.4. The zero-order valence-electron chi connectivity index (χ0n) is 10.2. The molecule has 0 saturated heterocycles. The highest BCUT2D eigenvalue weighted by molar-refractivity contribution is 5.23. The van der Waals surface area contributed by atoms with Crippen LogP contribution in [0.15, 0.2) is 18.2 Å². The van der Waals surface area contributed by atoms with Crippen molar-refractivity contribution in [2.24, 2.45) is 0 Å². The average molecular weight is 256 g/mol. The minimum Gasteiger partial charge on any atom is -0.387 e. The summed E-state index contributed by atoms with van der Waals surface area (Å²) in [4.78, 5) is 0. The zero-order valence-corrected chi connectivity index (χ0v) is 10.2. The number of aliphatic hydroxyl groups excluding tert-OH is 1. The van der Waals surface area contributed by atoms with Crippen LogP contribution in [0.2, 0.25) is 0 Å². The number of rotatable bonds is 2. The van der Waals surface area contributed by atoms with Crippen molar-refractivity contribution in [2.75, 3.05) is 0 Å². The fourth-order valence-corrected chi connectivity index (χ4v) is 2.63. The van der Waals surface area contributed by atoms with E-state index in [0.29, 0.717) is 12.8 Å². The first-order valence-corrected chi connectivity index (χ1v) is 6.38. The summed E-state index contributed by atoms with van der Waals surface area (Å²) in [5, 5.41) is 20.6. The summed E-state index contributed by atoms with van der Waals surface area (Å²) in [6, 6.07) is 3.04. The van der Waals surface area contributed by atoms with Crippen molar-refractivity contribution in [2.45, 2.75) is 50.2 Å². The quantitative estimate of drug-likeness (QED) is 0.798. The molecule has 1 aliphatic rings. The van der Waals surface area contributed by atoms with Gasteiger partial charge in [-0.3, -0.25) is 0 Å². The van der Waals surface area contributed by atoms with Gasteiger partial charge >= 0.3 is 0 Å². The molecule has 1 fully saturated rings. The predicted octanol–water partition coefficient (Wildman–Crippen LogP) is 3.08. The monoisotopic (exact) mass is 256 g/mol. The Morgan fingerprint density at radius 1 is 1.06 bits per heavy atom. The molecule has 1 unspecified atom stereocenters. The lowest BCUT2D eigenvalue weighted by molar-refractivity contribution is -0.0880. The van der Waals surface area contributed by atoms with Crippen LogP contribution in [-0.4, -0.2) is 15.8 Å². The summed E-state index contributed by atoms with van der Waals surface area (Å²) in [5.41, 5.74) is -1.32. The third kappa shape index (κ3) is 2.70. The predicted molar refractivity (Wildman–Crippen MR) is 64.0 cm³/mol. The van der Waals surface area contributed by atoms with Gasteiger partial charge in [0.1, 0.15) is 17.7 Å². The summed E-state index contributed by atoms with van der Waals surface area (Å²) in [6.07, 6.45) is 3.26. The van der Waals surface area contributed by atoms with Crippen molar-refractivity contribution in [1.29, 1.82) is 0 Å². The van der Waals surface area contributed by atoms with Gasteiger partial charge in [-0.2, -0.15) is 0 Å². The van der Waals surface area contributed by atoms with E-state index in [1.807, 2.05) is 0 Å². The van der Waals surface area contributed by atoms with E-state index >= 15 is 0 Å². The SMILES string of the molecule is OC(c1ccc(F)cc1F)C1(O)CCCCCC1. The van der Waals surface area contributed by atoms with E-state index < -0.39 is 23.3 Å². The number of hydrogen-bond donors (Lipinski definition) is 2. The molecule has 1 aromatic rings. The Balaban J connectivity index is 2.25. The maximum absolute atomic E-state index is 13.6. The standard InChI is InChI=1S/C14H18F2O2/c15-10-5-6-11(12(16)9-10)13(17)14(18)7-3-1-2-4-8-14/h5-6,9,13,17-18H,1-4,7-8H2. The van der Waals surface area contributed by atoms with Crippen LogP contribution in [0.25, 0.3) is 0 Å². The maximum atomic E-state index is 13.6. The summed E-state index contributed by atoms with van der Waals surface area (Å²) >= 11 is 0. The molecule has 0 bridgehead atoms. The minimum absolute atomic E-state index is 0.0270. The van der Waals surface area contributed by atoms with Crippen molar-refractivity contribution in [3.05, 3.63) is 35.4 Å². The molecule has 0 aliphatic heterocycles. The molecule has 2 rings (SSSR count). The lowest BCUT2D eigenvalue weighted by atomic mass is 9.84. The van der Waals surface area contributed by atoms with Crippen molar-refractivity contribution < 1.29 is 19.0 Å². The third-order valence-electron chi connectivity index (χ3n) is 3.74. The highest BCUT2D eigenvalue weighted by atomic mass is 19.1. The second-order valence-corrected chi connectivity index (χ2v) is 5.09. The second kappa shape index (κ2) is 5.33. The molecule has 2 N–H and O–H groups in total. The van der Waals surface area contributed by atoms with E-state index in [0.717, 1.165) is 37.8 Å². The number of hydrogen-bond acceptors (Lipinski definition) is 2. The van der Waals surface area contributed by atoms with Crippen molar-refractivity contribution in [3.63, 3.8) is 0 Å². The van der Waals surface area contributed by atoms with Gasteiger partial charge in [-0.05, 0) is 18.9 Å². The lowest BCUT2D eigenvalue weighted by Crippen LogP contribution is -2.36. The maximum Gasteiger partial charge on any atom is 0.132 e.